The molecule has 2 N–H and O–H groups in total. The lowest BCUT2D eigenvalue weighted by Gasteiger charge is -2.14. The molecule has 26 heavy (non-hydrogen) atoms. The Bertz CT molecular complexity index is 838. The van der Waals surface area contributed by atoms with Crippen LogP contribution in [0.5, 0.6) is 11.5 Å². The first-order valence-corrected chi connectivity index (χ1v) is 8.54. The molecule has 1 amide bonds. The number of hydrogen-bond acceptors (Lipinski definition) is 4. The van der Waals surface area contributed by atoms with Crippen LogP contribution >= 0.6 is 23.2 Å². The van der Waals surface area contributed by atoms with Gasteiger partial charge in [-0.2, -0.15) is 5.10 Å². The molecule has 0 aliphatic rings. The largest absolute Gasteiger partial charge is 0.507 e. The third-order valence-corrected chi connectivity index (χ3v) is 3.99. The number of phenolic OH excluding ortho intramolecular Hbond substituents is 1. The molecule has 0 spiro atoms. The van der Waals surface area contributed by atoms with E-state index in [-0.39, 0.29) is 5.75 Å². The quantitative estimate of drug-likeness (QED) is 0.418. The summed E-state index contributed by atoms with van der Waals surface area (Å²) in [5, 5.41) is 14.8. The maximum atomic E-state index is 12.1. The lowest BCUT2D eigenvalue weighted by molar-refractivity contribution is -0.127. The number of phenols is 1. The lowest BCUT2D eigenvalue weighted by Crippen LogP contribution is -2.33. The van der Waals surface area contributed by atoms with Gasteiger partial charge in [0.15, 0.2) is 6.10 Å². The average molecular weight is 393 g/mol. The summed E-state index contributed by atoms with van der Waals surface area (Å²) in [7, 11) is 0. The molecule has 0 aromatic heterocycles. The van der Waals surface area contributed by atoms with Crippen LogP contribution in [-0.4, -0.2) is 23.3 Å². The molecule has 2 rings (SSSR count). The summed E-state index contributed by atoms with van der Waals surface area (Å²) in [6.45, 7) is 5.21. The Balaban J connectivity index is 1.98. The van der Waals surface area contributed by atoms with Crippen LogP contribution in [0.4, 0.5) is 0 Å². The number of allylic oxidation sites excluding steroid dienone is 1. The number of benzene rings is 2. The van der Waals surface area contributed by atoms with Crippen LogP contribution in [0.2, 0.25) is 10.0 Å². The molecular formula is C19H18Cl2N2O3. The minimum absolute atomic E-state index is 0.0997. The fourth-order valence-corrected chi connectivity index (χ4v) is 2.56. The van der Waals surface area contributed by atoms with E-state index in [0.29, 0.717) is 27.8 Å². The summed E-state index contributed by atoms with van der Waals surface area (Å²) < 4.78 is 5.50. The number of carbonyl (C=O) groups excluding carboxylic acids is 1. The smallest absolute Gasteiger partial charge is 0.280 e. The van der Waals surface area contributed by atoms with E-state index in [1.54, 1.807) is 43.3 Å². The lowest BCUT2D eigenvalue weighted by atomic mass is 10.1. The normalized spacial score (nSPS) is 12.0. The van der Waals surface area contributed by atoms with E-state index in [1.807, 2.05) is 0 Å². The second-order valence-corrected chi connectivity index (χ2v) is 6.26. The monoisotopic (exact) mass is 392 g/mol. The predicted molar refractivity (Wildman–Crippen MR) is 104 cm³/mol. The molecule has 0 heterocycles. The number of nitrogens with one attached hydrogen (secondary N) is 1. The van der Waals surface area contributed by atoms with Gasteiger partial charge < -0.3 is 9.84 Å². The first-order chi connectivity index (χ1) is 12.4. The number of rotatable bonds is 7. The molecular weight excluding hydrogens is 375 g/mol. The average Bonchev–Trinajstić information content (AvgIpc) is 2.60. The van der Waals surface area contributed by atoms with Crippen molar-refractivity contribution in [1.29, 1.82) is 0 Å². The number of ether oxygens (including phenoxy) is 1. The van der Waals surface area contributed by atoms with Crippen LogP contribution in [0.15, 0.2) is 54.2 Å². The first kappa shape index (κ1) is 19.8. The summed E-state index contributed by atoms with van der Waals surface area (Å²) in [6, 6.07) is 9.99. The second kappa shape index (κ2) is 9.27. The number of hydrogen-bond donors (Lipinski definition) is 2. The number of carbonyl (C=O) groups is 1. The molecule has 0 aliphatic carbocycles. The molecule has 0 aliphatic heterocycles. The van der Waals surface area contributed by atoms with Crippen molar-refractivity contribution in [2.45, 2.75) is 19.4 Å². The maximum absolute atomic E-state index is 12.1. The van der Waals surface area contributed by atoms with Crippen LogP contribution in [0, 0.1) is 0 Å². The SMILES string of the molecule is C=CCc1cccc(/C=N/NC(=O)C(C)Oc2ccc(Cl)cc2Cl)c1O. The molecule has 0 fully saturated rings. The predicted octanol–water partition coefficient (Wildman–Crippen LogP) is 4.35. The van der Waals surface area contributed by atoms with E-state index in [4.69, 9.17) is 27.9 Å². The highest BCUT2D eigenvalue weighted by Crippen LogP contribution is 2.28. The molecule has 136 valence electrons. The summed E-state index contributed by atoms with van der Waals surface area (Å²) in [6.07, 6.45) is 2.76. The Morgan fingerprint density at radius 2 is 2.15 bits per heavy atom. The van der Waals surface area contributed by atoms with Crippen molar-refractivity contribution in [2.75, 3.05) is 0 Å². The highest BCUT2D eigenvalue weighted by atomic mass is 35.5. The zero-order chi connectivity index (χ0) is 19.1. The van der Waals surface area contributed by atoms with Crippen molar-refractivity contribution < 1.29 is 14.6 Å². The van der Waals surface area contributed by atoms with Gasteiger partial charge in [0.2, 0.25) is 0 Å². The molecule has 0 radical (unpaired) electrons. The molecule has 1 unspecified atom stereocenters. The standard InChI is InChI=1S/C19H18Cl2N2O3/c1-3-5-13-6-4-7-14(18(13)24)11-22-23-19(25)12(2)26-17-9-8-15(20)10-16(17)21/h3-4,6-12,24H,1,5H2,2H3,(H,23,25)/b22-11+. The van der Waals surface area contributed by atoms with Crippen molar-refractivity contribution in [3.63, 3.8) is 0 Å². The Hall–Kier alpha value is -2.50. The Morgan fingerprint density at radius 3 is 2.85 bits per heavy atom. The molecule has 2 aromatic carbocycles. The van der Waals surface area contributed by atoms with Gasteiger partial charge in [-0.05, 0) is 43.2 Å². The van der Waals surface area contributed by atoms with E-state index < -0.39 is 12.0 Å². The van der Waals surface area contributed by atoms with Crippen LogP contribution in [0.25, 0.3) is 0 Å². The van der Waals surface area contributed by atoms with Gasteiger partial charge in [0.25, 0.3) is 5.91 Å². The summed E-state index contributed by atoms with van der Waals surface area (Å²) >= 11 is 11.8. The van der Waals surface area contributed by atoms with Gasteiger partial charge in [-0.1, -0.05) is 41.4 Å². The Kier molecular flexibility index (Phi) is 7.06. The Labute approximate surface area is 161 Å². The highest BCUT2D eigenvalue weighted by molar-refractivity contribution is 6.35. The van der Waals surface area contributed by atoms with Crippen LogP contribution in [0.3, 0.4) is 0 Å². The zero-order valence-corrected chi connectivity index (χ0v) is 15.6. The molecule has 0 saturated heterocycles. The van der Waals surface area contributed by atoms with Gasteiger partial charge in [-0.15, -0.1) is 6.58 Å². The molecule has 0 bridgehead atoms. The second-order valence-electron chi connectivity index (χ2n) is 5.42. The van der Waals surface area contributed by atoms with Gasteiger partial charge in [-0.3, -0.25) is 4.79 Å². The van der Waals surface area contributed by atoms with Crippen LogP contribution in [0.1, 0.15) is 18.1 Å². The minimum atomic E-state index is -0.827. The number of nitrogens with zero attached hydrogens (tertiary/aromatic N) is 1. The molecule has 7 heteroatoms. The van der Waals surface area contributed by atoms with Crippen molar-refractivity contribution in [1.82, 2.24) is 5.43 Å². The summed E-state index contributed by atoms with van der Waals surface area (Å²) in [4.78, 5) is 12.1. The van der Waals surface area contributed by atoms with E-state index >= 15 is 0 Å². The van der Waals surface area contributed by atoms with E-state index in [9.17, 15) is 9.90 Å². The van der Waals surface area contributed by atoms with Gasteiger partial charge in [0, 0.05) is 10.6 Å². The summed E-state index contributed by atoms with van der Waals surface area (Å²) in [5.41, 5.74) is 3.58. The number of aromatic hydroxyl groups is 1. The van der Waals surface area contributed by atoms with Crippen molar-refractivity contribution >= 4 is 35.3 Å². The summed E-state index contributed by atoms with van der Waals surface area (Å²) in [5.74, 6) is -0.0193. The topological polar surface area (TPSA) is 70.9 Å². The van der Waals surface area contributed by atoms with E-state index in [0.717, 1.165) is 5.56 Å². The molecule has 0 saturated carbocycles. The number of hydrazone groups is 1. The van der Waals surface area contributed by atoms with Crippen molar-refractivity contribution in [3.05, 3.63) is 70.2 Å². The van der Waals surface area contributed by atoms with Gasteiger partial charge in [0.05, 0.1) is 11.2 Å². The van der Waals surface area contributed by atoms with Crippen molar-refractivity contribution in [3.8, 4) is 11.5 Å². The van der Waals surface area contributed by atoms with Gasteiger partial charge >= 0.3 is 0 Å². The highest BCUT2D eigenvalue weighted by Gasteiger charge is 2.15. The number of halogens is 2. The van der Waals surface area contributed by atoms with Crippen LogP contribution < -0.4 is 10.2 Å². The fraction of sp³-hybridized carbons (Fsp3) is 0.158. The Morgan fingerprint density at radius 1 is 1.38 bits per heavy atom. The maximum Gasteiger partial charge on any atom is 0.280 e. The first-order valence-electron chi connectivity index (χ1n) is 7.78. The van der Waals surface area contributed by atoms with Gasteiger partial charge in [-0.25, -0.2) is 5.43 Å². The third-order valence-electron chi connectivity index (χ3n) is 3.46. The van der Waals surface area contributed by atoms with E-state index in [2.05, 4.69) is 17.1 Å². The third kappa shape index (κ3) is 5.25. The molecule has 2 aromatic rings. The van der Waals surface area contributed by atoms with E-state index in [1.165, 1.54) is 12.3 Å². The fourth-order valence-electron chi connectivity index (χ4n) is 2.11. The van der Waals surface area contributed by atoms with Gasteiger partial charge in [0.1, 0.15) is 11.5 Å². The van der Waals surface area contributed by atoms with Crippen LogP contribution in [-0.2, 0) is 11.2 Å². The number of para-hydroxylation sites is 1. The van der Waals surface area contributed by atoms with Crippen molar-refractivity contribution in [2.24, 2.45) is 5.10 Å². The zero-order valence-electron chi connectivity index (χ0n) is 14.1. The molecule has 1 atom stereocenters. The minimum Gasteiger partial charge on any atom is -0.507 e. The number of amides is 1. The molecule has 5 nitrogen and oxygen atoms in total.